The number of hydrogen-bond acceptors (Lipinski definition) is 2. The first-order chi connectivity index (χ1) is 11.5. The zero-order chi connectivity index (χ0) is 17.1. The van der Waals surface area contributed by atoms with Gasteiger partial charge in [0.2, 0.25) is 5.91 Å². The molecule has 1 fully saturated rings. The molecule has 2 aromatic rings. The third kappa shape index (κ3) is 3.76. The van der Waals surface area contributed by atoms with E-state index in [1.165, 1.54) is 0 Å². The number of rotatable bonds is 3. The predicted molar refractivity (Wildman–Crippen MR) is 98.2 cm³/mol. The minimum atomic E-state index is -0.301. The van der Waals surface area contributed by atoms with Crippen molar-refractivity contribution >= 4 is 39.2 Å². The van der Waals surface area contributed by atoms with Crippen LogP contribution in [0, 0.1) is 6.92 Å². The molecular weight excluding hydrogens is 370 g/mol. The highest BCUT2D eigenvalue weighted by atomic mass is 79.9. The van der Waals surface area contributed by atoms with E-state index in [-0.39, 0.29) is 18.0 Å². The molecule has 0 aliphatic carbocycles. The summed E-state index contributed by atoms with van der Waals surface area (Å²) in [7, 11) is 0. The van der Waals surface area contributed by atoms with Gasteiger partial charge in [0.15, 0.2) is 0 Å². The van der Waals surface area contributed by atoms with Crippen molar-refractivity contribution in [3.8, 4) is 0 Å². The van der Waals surface area contributed by atoms with Crippen LogP contribution in [0.3, 0.4) is 0 Å². The Balaban J connectivity index is 1.59. The number of benzene rings is 2. The second-order valence-corrected chi connectivity index (χ2v) is 6.66. The van der Waals surface area contributed by atoms with Gasteiger partial charge in [0.25, 0.3) is 0 Å². The molecule has 1 saturated heterocycles. The topological polar surface area (TPSA) is 61.4 Å². The number of anilines is 2. The van der Waals surface area contributed by atoms with Gasteiger partial charge in [0.05, 0.1) is 6.04 Å². The highest BCUT2D eigenvalue weighted by Gasteiger charge is 2.31. The molecule has 1 aliphatic heterocycles. The third-order valence-electron chi connectivity index (χ3n) is 3.94. The van der Waals surface area contributed by atoms with Crippen molar-refractivity contribution in [3.05, 3.63) is 58.6 Å². The lowest BCUT2D eigenvalue weighted by Crippen LogP contribution is -2.39. The molecule has 5 nitrogen and oxygen atoms in total. The maximum atomic E-state index is 12.2. The Hall–Kier alpha value is -2.34. The van der Waals surface area contributed by atoms with Gasteiger partial charge >= 0.3 is 6.03 Å². The Kier molecular flexibility index (Phi) is 4.85. The van der Waals surface area contributed by atoms with Crippen LogP contribution in [0.15, 0.2) is 53.0 Å². The summed E-state index contributed by atoms with van der Waals surface area (Å²) in [6.45, 7) is 2.44. The van der Waals surface area contributed by atoms with E-state index in [0.29, 0.717) is 13.0 Å². The molecule has 3 amide bonds. The lowest BCUT2D eigenvalue weighted by Gasteiger charge is -2.17. The minimum absolute atomic E-state index is 0.0194. The summed E-state index contributed by atoms with van der Waals surface area (Å²) in [6.07, 6.45) is 0.307. The van der Waals surface area contributed by atoms with Crippen molar-refractivity contribution in [2.24, 2.45) is 0 Å². The van der Waals surface area contributed by atoms with Crippen LogP contribution in [-0.4, -0.2) is 24.5 Å². The van der Waals surface area contributed by atoms with Gasteiger partial charge in [0, 0.05) is 28.8 Å². The fraction of sp³-hybridized carbons (Fsp3) is 0.222. The largest absolute Gasteiger partial charge is 0.333 e. The Morgan fingerprint density at radius 2 is 1.96 bits per heavy atom. The normalized spacial score (nSPS) is 17.0. The number of carbonyl (C=O) groups excluding carboxylic acids is 2. The van der Waals surface area contributed by atoms with Gasteiger partial charge in [-0.3, -0.25) is 4.79 Å². The highest BCUT2D eigenvalue weighted by molar-refractivity contribution is 9.10. The first kappa shape index (κ1) is 16.5. The van der Waals surface area contributed by atoms with Crippen LogP contribution in [-0.2, 0) is 4.79 Å². The minimum Gasteiger partial charge on any atom is -0.333 e. The number of para-hydroxylation sites is 1. The number of aryl methyl sites for hydroxylation is 1. The molecule has 6 heteroatoms. The lowest BCUT2D eigenvalue weighted by molar-refractivity contribution is -0.117. The van der Waals surface area contributed by atoms with E-state index in [9.17, 15) is 9.59 Å². The zero-order valence-corrected chi connectivity index (χ0v) is 14.8. The number of urea groups is 1. The summed E-state index contributed by atoms with van der Waals surface area (Å²) < 4.78 is 0.994. The zero-order valence-electron chi connectivity index (χ0n) is 13.3. The van der Waals surface area contributed by atoms with Gasteiger partial charge in [-0.05, 0) is 42.8 Å². The summed E-state index contributed by atoms with van der Waals surface area (Å²) in [5.74, 6) is 0.0194. The van der Waals surface area contributed by atoms with E-state index >= 15 is 0 Å². The molecule has 1 heterocycles. The van der Waals surface area contributed by atoms with Crippen molar-refractivity contribution in [2.75, 3.05) is 16.8 Å². The monoisotopic (exact) mass is 387 g/mol. The molecule has 1 atom stereocenters. The van der Waals surface area contributed by atoms with Crippen molar-refractivity contribution in [1.29, 1.82) is 0 Å². The number of halogens is 1. The average Bonchev–Trinajstić information content (AvgIpc) is 2.92. The molecule has 0 radical (unpaired) electrons. The molecule has 24 heavy (non-hydrogen) atoms. The fourth-order valence-corrected chi connectivity index (χ4v) is 2.98. The molecule has 2 N–H and O–H groups in total. The number of nitrogens with zero attached hydrogens (tertiary/aromatic N) is 1. The maximum absolute atomic E-state index is 12.2. The summed E-state index contributed by atoms with van der Waals surface area (Å²) in [4.78, 5) is 26.0. The van der Waals surface area contributed by atoms with Crippen LogP contribution in [0.4, 0.5) is 16.2 Å². The smallest absolute Gasteiger partial charge is 0.319 e. The fourth-order valence-electron chi connectivity index (χ4n) is 2.74. The Labute approximate surface area is 149 Å². The molecule has 2 aromatic carbocycles. The number of nitrogens with one attached hydrogen (secondary N) is 2. The van der Waals surface area contributed by atoms with Gasteiger partial charge in [-0.25, -0.2) is 4.79 Å². The second-order valence-electron chi connectivity index (χ2n) is 5.80. The molecule has 3 rings (SSSR count). The van der Waals surface area contributed by atoms with Crippen LogP contribution >= 0.6 is 15.9 Å². The third-order valence-corrected chi connectivity index (χ3v) is 4.83. The first-order valence-electron chi connectivity index (χ1n) is 7.72. The summed E-state index contributed by atoms with van der Waals surface area (Å²) >= 11 is 3.43. The lowest BCUT2D eigenvalue weighted by atomic mass is 10.2. The van der Waals surface area contributed by atoms with Crippen molar-refractivity contribution in [1.82, 2.24) is 5.32 Å². The van der Waals surface area contributed by atoms with Crippen molar-refractivity contribution < 1.29 is 9.59 Å². The standard InChI is InChI=1S/C18H18BrN3O2/c1-12-9-13(7-8-16(12)19)20-18(24)21-14-10-17(23)22(11-14)15-5-3-2-4-6-15/h2-9,14H,10-11H2,1H3,(H2,20,21,24)/t14-/m1/s1. The van der Waals surface area contributed by atoms with Gasteiger partial charge in [0.1, 0.15) is 0 Å². The van der Waals surface area contributed by atoms with Crippen LogP contribution in [0.5, 0.6) is 0 Å². The van der Waals surface area contributed by atoms with E-state index in [0.717, 1.165) is 21.4 Å². The average molecular weight is 388 g/mol. The SMILES string of the molecule is Cc1cc(NC(=O)N[C@@H]2CC(=O)N(c3ccccc3)C2)ccc1Br. The molecule has 1 aliphatic rings. The van der Waals surface area contributed by atoms with Crippen LogP contribution < -0.4 is 15.5 Å². The summed E-state index contributed by atoms with van der Waals surface area (Å²) in [5.41, 5.74) is 2.62. The van der Waals surface area contributed by atoms with Gasteiger partial charge in [-0.15, -0.1) is 0 Å². The molecule has 0 spiro atoms. The Morgan fingerprint density at radius 1 is 1.21 bits per heavy atom. The number of amides is 3. The molecule has 0 unspecified atom stereocenters. The summed E-state index contributed by atoms with van der Waals surface area (Å²) in [5, 5.41) is 5.67. The van der Waals surface area contributed by atoms with E-state index in [1.807, 2.05) is 55.5 Å². The van der Waals surface area contributed by atoms with Crippen molar-refractivity contribution in [2.45, 2.75) is 19.4 Å². The molecule has 0 aromatic heterocycles. The van der Waals surface area contributed by atoms with Crippen molar-refractivity contribution in [3.63, 3.8) is 0 Å². The highest BCUT2D eigenvalue weighted by Crippen LogP contribution is 2.22. The van der Waals surface area contributed by atoms with Crippen LogP contribution in [0.25, 0.3) is 0 Å². The second kappa shape index (κ2) is 7.05. The van der Waals surface area contributed by atoms with Crippen LogP contribution in [0.1, 0.15) is 12.0 Å². The molecule has 0 bridgehead atoms. The number of carbonyl (C=O) groups is 2. The van der Waals surface area contributed by atoms with Crippen LogP contribution in [0.2, 0.25) is 0 Å². The molecular formula is C18H18BrN3O2. The first-order valence-corrected chi connectivity index (χ1v) is 8.51. The van der Waals surface area contributed by atoms with E-state index in [2.05, 4.69) is 26.6 Å². The predicted octanol–water partition coefficient (Wildman–Crippen LogP) is 3.68. The van der Waals surface area contributed by atoms with Gasteiger partial charge < -0.3 is 15.5 Å². The van der Waals surface area contributed by atoms with E-state index in [4.69, 9.17) is 0 Å². The van der Waals surface area contributed by atoms with Gasteiger partial charge in [-0.2, -0.15) is 0 Å². The van der Waals surface area contributed by atoms with Gasteiger partial charge in [-0.1, -0.05) is 34.1 Å². The Morgan fingerprint density at radius 3 is 2.67 bits per heavy atom. The van der Waals surface area contributed by atoms with E-state index in [1.54, 1.807) is 4.90 Å². The quantitative estimate of drug-likeness (QED) is 0.843. The number of hydrogen-bond donors (Lipinski definition) is 2. The molecule has 124 valence electrons. The maximum Gasteiger partial charge on any atom is 0.319 e. The summed E-state index contributed by atoms with van der Waals surface area (Å²) in [6, 6.07) is 14.6. The molecule has 0 saturated carbocycles. The Bertz CT molecular complexity index is 764. The van der Waals surface area contributed by atoms with E-state index < -0.39 is 0 Å².